The molecule has 2 aromatic carbocycles. The molecule has 17 nitrogen and oxygen atoms in total. The van der Waals surface area contributed by atoms with Crippen LogP contribution in [0.25, 0.3) is 21.8 Å². The fraction of sp³-hybridized carbons (Fsp3) is 0.476. The Balaban J connectivity index is 0.805. The highest BCUT2D eigenvalue weighted by Gasteiger charge is 2.51. The Bertz CT molecular complexity index is 2860. The Hall–Kier alpha value is -5.60. The molecule has 3 saturated heterocycles. The van der Waals surface area contributed by atoms with Crippen molar-refractivity contribution in [2.75, 3.05) is 66.3 Å². The summed E-state index contributed by atoms with van der Waals surface area (Å²) in [5, 5.41) is 14.4. The van der Waals surface area contributed by atoms with E-state index in [1.54, 1.807) is 34.2 Å². The molecule has 5 aromatic rings. The van der Waals surface area contributed by atoms with E-state index in [-0.39, 0.29) is 40.6 Å². The minimum absolute atomic E-state index is 0.151. The second-order valence-electron chi connectivity index (χ2n) is 17.1. The number of anilines is 5. The number of fused-ring (bicyclic) bond motifs is 4. The van der Waals surface area contributed by atoms with Crippen molar-refractivity contribution in [3.63, 3.8) is 0 Å². The fourth-order valence-electron chi connectivity index (χ4n) is 9.58. The maximum atomic E-state index is 15.2. The van der Waals surface area contributed by atoms with Gasteiger partial charge in [0.1, 0.15) is 5.02 Å². The van der Waals surface area contributed by atoms with Crippen LogP contribution in [0.1, 0.15) is 50.1 Å². The standard InChI is InChI=1S/C42H46ClF2N11O6S/c1-52-30-10-8-24(20-28(30)34-36(40(52)59)62-22-42(44,45)37(49-34)23-6-7-23)47-38-29(43)21-46-41(50-38)55-14-12-25(13-15-55)63(60,61)56-18-16-54(17-19-56)31-5-3-4-26-33(51-53(2)35(26)31)27-9-11-32(57)48-39(27)58/h3-5,8,10,20-21,23,25,27,37,49H,6-7,9,11-19,22H2,1-2H3,(H,46,47,50)(H,48,57,58). The van der Waals surface area contributed by atoms with Gasteiger partial charge in [0.05, 0.1) is 51.5 Å². The second-order valence-corrected chi connectivity index (χ2v) is 19.7. The molecule has 21 heteroatoms. The fourth-order valence-corrected chi connectivity index (χ4v) is 11.6. The number of piperidine rings is 2. The van der Waals surface area contributed by atoms with Gasteiger partial charge in [-0.1, -0.05) is 23.7 Å². The third-order valence-electron chi connectivity index (χ3n) is 13.1. The predicted octanol–water partition coefficient (Wildman–Crippen LogP) is 4.47. The van der Waals surface area contributed by atoms with E-state index < -0.39 is 45.3 Å². The lowest BCUT2D eigenvalue weighted by Crippen LogP contribution is -2.53. The number of para-hydroxylation sites is 1. The van der Waals surface area contributed by atoms with Crippen LogP contribution in [0, 0.1) is 5.92 Å². The number of amides is 2. The van der Waals surface area contributed by atoms with Crippen molar-refractivity contribution >= 4 is 84.1 Å². The van der Waals surface area contributed by atoms with E-state index in [4.69, 9.17) is 26.4 Å². The Morgan fingerprint density at radius 2 is 1.70 bits per heavy atom. The number of pyridine rings is 1. The van der Waals surface area contributed by atoms with Gasteiger partial charge in [0.25, 0.3) is 5.56 Å². The smallest absolute Gasteiger partial charge is 0.301 e. The van der Waals surface area contributed by atoms with E-state index >= 15 is 8.78 Å². The van der Waals surface area contributed by atoms with Gasteiger partial charge >= 0.3 is 5.92 Å². The Kier molecular flexibility index (Phi) is 10.2. The number of imide groups is 1. The van der Waals surface area contributed by atoms with Gasteiger partial charge in [-0.3, -0.25) is 24.4 Å². The average Bonchev–Trinajstić information content (AvgIpc) is 4.08. The number of aromatic nitrogens is 5. The molecule has 0 radical (unpaired) electrons. The average molecular weight is 906 g/mol. The minimum Gasteiger partial charge on any atom is -0.480 e. The normalized spacial score (nSPS) is 22.4. The molecule has 1 saturated carbocycles. The predicted molar refractivity (Wildman–Crippen MR) is 234 cm³/mol. The molecule has 7 heterocycles. The molecule has 2 atom stereocenters. The number of hydrogen-bond donors (Lipinski definition) is 3. The van der Waals surface area contributed by atoms with Crippen LogP contribution in [0.3, 0.4) is 0 Å². The number of halogens is 3. The van der Waals surface area contributed by atoms with E-state index in [2.05, 4.69) is 25.8 Å². The maximum absolute atomic E-state index is 15.2. The number of carbonyl (C=O) groups is 2. The van der Waals surface area contributed by atoms with Crippen LogP contribution in [0.4, 0.5) is 37.6 Å². The molecule has 4 fully saturated rings. The molecule has 3 N–H and O–H groups in total. The number of benzene rings is 2. The van der Waals surface area contributed by atoms with Crippen molar-refractivity contribution in [3.05, 3.63) is 63.7 Å². The largest absolute Gasteiger partial charge is 0.480 e. The Morgan fingerprint density at radius 1 is 0.937 bits per heavy atom. The molecule has 4 aliphatic heterocycles. The highest BCUT2D eigenvalue weighted by atomic mass is 35.5. The minimum atomic E-state index is -3.63. The third kappa shape index (κ3) is 7.38. The van der Waals surface area contributed by atoms with Crippen LogP contribution in [-0.4, -0.2) is 112 Å². The number of aryl methyl sites for hydroxylation is 2. The Morgan fingerprint density at radius 3 is 2.43 bits per heavy atom. The van der Waals surface area contributed by atoms with E-state index in [9.17, 15) is 22.8 Å². The zero-order chi connectivity index (χ0) is 43.9. The quantitative estimate of drug-likeness (QED) is 0.185. The van der Waals surface area contributed by atoms with Crippen molar-refractivity contribution in [2.45, 2.75) is 61.7 Å². The molecular formula is C42H46ClF2N11O6S. The van der Waals surface area contributed by atoms with Crippen LogP contribution < -0.4 is 36.0 Å². The summed E-state index contributed by atoms with van der Waals surface area (Å²) in [5.74, 6) is -4.02. The lowest BCUT2D eigenvalue weighted by atomic mass is 9.92. The van der Waals surface area contributed by atoms with Crippen LogP contribution >= 0.6 is 11.6 Å². The van der Waals surface area contributed by atoms with Gasteiger partial charge in [-0.05, 0) is 62.3 Å². The lowest BCUT2D eigenvalue weighted by Gasteiger charge is -2.39. The molecule has 0 bridgehead atoms. The summed E-state index contributed by atoms with van der Waals surface area (Å²) in [7, 11) is -0.230. The number of rotatable bonds is 8. The maximum Gasteiger partial charge on any atom is 0.301 e. The topological polar surface area (TPSA) is 189 Å². The van der Waals surface area contributed by atoms with Gasteiger partial charge in [0, 0.05) is 76.2 Å². The van der Waals surface area contributed by atoms with E-state index in [1.807, 2.05) is 30.1 Å². The number of ether oxygens (including phenoxy) is 1. The number of nitrogens with zero attached hydrogens (tertiary/aromatic N) is 8. The van der Waals surface area contributed by atoms with Gasteiger partial charge in [0.2, 0.25) is 33.5 Å². The highest BCUT2D eigenvalue weighted by Crippen LogP contribution is 2.46. The molecular weight excluding hydrogens is 860 g/mol. The van der Waals surface area contributed by atoms with E-state index in [1.165, 1.54) is 10.8 Å². The summed E-state index contributed by atoms with van der Waals surface area (Å²) in [4.78, 5) is 51.0. The summed E-state index contributed by atoms with van der Waals surface area (Å²) < 4.78 is 68.6. The van der Waals surface area contributed by atoms with Crippen LogP contribution in [-0.2, 0) is 33.7 Å². The van der Waals surface area contributed by atoms with Crippen LogP contribution in [0.5, 0.6) is 5.75 Å². The van der Waals surface area contributed by atoms with Gasteiger partial charge < -0.3 is 29.7 Å². The SMILES string of the molecule is Cn1nc(C2CCC(=O)NC2=O)c2cccc(N3CCN(S(=O)(=O)C4CCN(c5ncc(Cl)c(Nc6ccc7c(c6)c6c(c(=O)n7C)OCC(F)(F)C(C7CC7)N6)n5)CC4)CC3)c21. The second kappa shape index (κ2) is 15.6. The van der Waals surface area contributed by atoms with Crippen molar-refractivity contribution in [1.29, 1.82) is 0 Å². The van der Waals surface area contributed by atoms with Gasteiger partial charge in [-0.2, -0.15) is 14.4 Å². The van der Waals surface area contributed by atoms with Gasteiger partial charge in [-0.15, -0.1) is 0 Å². The van der Waals surface area contributed by atoms with Crippen molar-refractivity contribution in [2.24, 2.45) is 20.0 Å². The highest BCUT2D eigenvalue weighted by molar-refractivity contribution is 7.89. The van der Waals surface area contributed by atoms with E-state index in [0.717, 1.165) is 16.6 Å². The first-order chi connectivity index (χ1) is 30.2. The summed E-state index contributed by atoms with van der Waals surface area (Å²) in [5.41, 5.74) is 3.17. The molecule has 3 aromatic heterocycles. The summed E-state index contributed by atoms with van der Waals surface area (Å²) in [6.07, 6.45) is 4.21. The number of alkyl halides is 2. The molecule has 10 rings (SSSR count). The molecule has 5 aliphatic rings. The number of nitrogens with one attached hydrogen (secondary N) is 3. The first kappa shape index (κ1) is 41.4. The first-order valence-corrected chi connectivity index (χ1v) is 23.1. The molecule has 1 aliphatic carbocycles. The number of carbonyl (C=O) groups excluding carboxylic acids is 2. The summed E-state index contributed by atoms with van der Waals surface area (Å²) in [6, 6.07) is 9.87. The van der Waals surface area contributed by atoms with Crippen LogP contribution in [0.15, 0.2) is 47.4 Å². The summed E-state index contributed by atoms with van der Waals surface area (Å²) in [6.45, 7) is 1.49. The van der Waals surface area contributed by atoms with Gasteiger partial charge in [-0.25, -0.2) is 22.2 Å². The lowest BCUT2D eigenvalue weighted by molar-refractivity contribution is -0.134. The molecule has 0 spiro atoms. The number of hydrogen-bond acceptors (Lipinski definition) is 13. The number of piperazine rings is 1. The molecule has 2 amide bonds. The monoisotopic (exact) mass is 905 g/mol. The van der Waals surface area contributed by atoms with Crippen molar-refractivity contribution < 1.29 is 31.5 Å². The zero-order valence-electron chi connectivity index (χ0n) is 34.6. The van der Waals surface area contributed by atoms with Crippen molar-refractivity contribution in [1.82, 2.24) is 33.9 Å². The molecule has 63 heavy (non-hydrogen) atoms. The molecule has 2 unspecified atom stereocenters. The number of sulfonamides is 1. The van der Waals surface area contributed by atoms with Crippen LogP contribution in [0.2, 0.25) is 5.02 Å². The first-order valence-electron chi connectivity index (χ1n) is 21.2. The van der Waals surface area contributed by atoms with E-state index in [0.29, 0.717) is 105 Å². The molecule has 332 valence electrons. The van der Waals surface area contributed by atoms with Crippen molar-refractivity contribution in [3.8, 4) is 5.75 Å². The third-order valence-corrected chi connectivity index (χ3v) is 15.8. The van der Waals surface area contributed by atoms with Gasteiger partial charge in [0.15, 0.2) is 12.4 Å². The summed E-state index contributed by atoms with van der Waals surface area (Å²) >= 11 is 6.59. The zero-order valence-corrected chi connectivity index (χ0v) is 36.2. The Labute approximate surface area is 365 Å².